The fourth-order valence-electron chi connectivity index (χ4n) is 2.42. The van der Waals surface area contributed by atoms with Crippen molar-refractivity contribution in [3.8, 4) is 0 Å². The van der Waals surface area contributed by atoms with Crippen molar-refractivity contribution in [2.24, 2.45) is 0 Å². The molecule has 0 radical (unpaired) electrons. The highest BCUT2D eigenvalue weighted by Crippen LogP contribution is 2.07. The molecule has 0 saturated heterocycles. The minimum atomic E-state index is -0.936. The second-order valence-electron chi connectivity index (χ2n) is 5.59. The van der Waals surface area contributed by atoms with Crippen LogP contribution in [0.1, 0.15) is 33.5 Å². The molecular formula is C19H21NO3. The summed E-state index contributed by atoms with van der Waals surface area (Å²) in [6.45, 7) is 2.55. The number of hydrogen-bond acceptors (Lipinski definition) is 2. The molecule has 0 unspecified atom stereocenters. The molecule has 0 aliphatic carbocycles. The molecule has 0 heterocycles. The third-order valence-electron chi connectivity index (χ3n) is 3.63. The monoisotopic (exact) mass is 311 g/mol. The lowest BCUT2D eigenvalue weighted by atomic mass is 10.1. The summed E-state index contributed by atoms with van der Waals surface area (Å²) in [7, 11) is 0. The lowest BCUT2D eigenvalue weighted by molar-refractivity contribution is -0.121. The second-order valence-corrected chi connectivity index (χ2v) is 5.59. The van der Waals surface area contributed by atoms with Crippen molar-refractivity contribution in [2.75, 3.05) is 6.54 Å². The van der Waals surface area contributed by atoms with E-state index in [1.54, 1.807) is 18.2 Å². The van der Waals surface area contributed by atoms with E-state index in [4.69, 9.17) is 5.11 Å². The Morgan fingerprint density at radius 3 is 2.39 bits per heavy atom. The van der Waals surface area contributed by atoms with Crippen molar-refractivity contribution in [3.63, 3.8) is 0 Å². The number of hydrogen-bond donors (Lipinski definition) is 2. The van der Waals surface area contributed by atoms with Crippen LogP contribution < -0.4 is 5.32 Å². The second kappa shape index (κ2) is 8.13. The van der Waals surface area contributed by atoms with E-state index >= 15 is 0 Å². The molecule has 1 amide bonds. The Kier molecular flexibility index (Phi) is 5.92. The number of carboxylic acid groups (broad SMARTS) is 1. The van der Waals surface area contributed by atoms with Crippen molar-refractivity contribution < 1.29 is 14.7 Å². The van der Waals surface area contributed by atoms with Gasteiger partial charge in [0.15, 0.2) is 0 Å². The van der Waals surface area contributed by atoms with Gasteiger partial charge in [-0.15, -0.1) is 0 Å². The van der Waals surface area contributed by atoms with Crippen molar-refractivity contribution in [1.82, 2.24) is 5.32 Å². The summed E-state index contributed by atoms with van der Waals surface area (Å²) in [5, 5.41) is 11.8. The molecule has 0 saturated carbocycles. The van der Waals surface area contributed by atoms with E-state index in [-0.39, 0.29) is 11.5 Å². The van der Waals surface area contributed by atoms with E-state index in [0.717, 1.165) is 17.5 Å². The van der Waals surface area contributed by atoms with Gasteiger partial charge in [-0.1, -0.05) is 42.0 Å². The first-order chi connectivity index (χ1) is 11.0. The van der Waals surface area contributed by atoms with Crippen LogP contribution in [-0.4, -0.2) is 23.5 Å². The molecule has 2 aromatic carbocycles. The molecule has 120 valence electrons. The average molecular weight is 311 g/mol. The number of aromatic carboxylic acids is 1. The van der Waals surface area contributed by atoms with Gasteiger partial charge in [0.05, 0.1) is 5.56 Å². The van der Waals surface area contributed by atoms with Crippen LogP contribution in [0.25, 0.3) is 0 Å². The van der Waals surface area contributed by atoms with E-state index in [1.807, 2.05) is 31.2 Å². The number of rotatable bonds is 7. The molecule has 0 aromatic heterocycles. The predicted octanol–water partition coefficient (Wildman–Crippen LogP) is 2.98. The van der Waals surface area contributed by atoms with E-state index < -0.39 is 5.97 Å². The smallest absolute Gasteiger partial charge is 0.335 e. The van der Waals surface area contributed by atoms with Gasteiger partial charge in [-0.05, 0) is 43.0 Å². The highest BCUT2D eigenvalue weighted by Gasteiger charge is 2.05. The number of carboxylic acids is 1. The van der Waals surface area contributed by atoms with Crippen molar-refractivity contribution >= 4 is 11.9 Å². The summed E-state index contributed by atoms with van der Waals surface area (Å²) in [4.78, 5) is 22.8. The number of aryl methyl sites for hydroxylation is 2. The molecule has 2 N–H and O–H groups in total. The topological polar surface area (TPSA) is 66.4 Å². The summed E-state index contributed by atoms with van der Waals surface area (Å²) in [6, 6.07) is 14.9. The van der Waals surface area contributed by atoms with Gasteiger partial charge in [0, 0.05) is 13.0 Å². The van der Waals surface area contributed by atoms with E-state index in [1.165, 1.54) is 5.56 Å². The third-order valence-corrected chi connectivity index (χ3v) is 3.63. The first kappa shape index (κ1) is 16.7. The van der Waals surface area contributed by atoms with Gasteiger partial charge in [-0.3, -0.25) is 4.79 Å². The molecule has 0 bridgehead atoms. The fraction of sp³-hybridized carbons (Fsp3) is 0.263. The van der Waals surface area contributed by atoms with Crippen LogP contribution >= 0.6 is 0 Å². The molecule has 23 heavy (non-hydrogen) atoms. The molecular weight excluding hydrogens is 290 g/mol. The third kappa shape index (κ3) is 5.58. The summed E-state index contributed by atoms with van der Waals surface area (Å²) >= 11 is 0. The standard InChI is InChI=1S/C19H21NO3/c1-14-4-2-5-15(12-14)8-9-18(21)20-11-10-16-6-3-7-17(13-16)19(22)23/h2-7,12-13H,8-11H2,1H3,(H,20,21)(H,22,23). The van der Waals surface area contributed by atoms with Crippen LogP contribution in [0.2, 0.25) is 0 Å². The number of carbonyl (C=O) groups is 2. The maximum Gasteiger partial charge on any atom is 0.335 e. The van der Waals surface area contributed by atoms with Crippen LogP contribution in [-0.2, 0) is 17.6 Å². The molecule has 0 spiro atoms. The van der Waals surface area contributed by atoms with E-state index in [2.05, 4.69) is 11.4 Å². The SMILES string of the molecule is Cc1cccc(CCC(=O)NCCc2cccc(C(=O)O)c2)c1. The van der Waals surface area contributed by atoms with Gasteiger partial charge in [0.25, 0.3) is 0 Å². The Balaban J connectivity index is 1.74. The van der Waals surface area contributed by atoms with Crippen LogP contribution in [0.15, 0.2) is 48.5 Å². The van der Waals surface area contributed by atoms with Crippen LogP contribution in [0.3, 0.4) is 0 Å². The van der Waals surface area contributed by atoms with Crippen LogP contribution in [0.4, 0.5) is 0 Å². The first-order valence-electron chi connectivity index (χ1n) is 7.69. The number of benzene rings is 2. The summed E-state index contributed by atoms with van der Waals surface area (Å²) in [5.41, 5.74) is 3.53. The number of nitrogens with one attached hydrogen (secondary N) is 1. The zero-order valence-corrected chi connectivity index (χ0v) is 13.2. The maximum absolute atomic E-state index is 11.9. The normalized spacial score (nSPS) is 10.3. The maximum atomic E-state index is 11.9. The highest BCUT2D eigenvalue weighted by molar-refractivity contribution is 5.87. The minimum Gasteiger partial charge on any atom is -0.478 e. The van der Waals surface area contributed by atoms with Gasteiger partial charge in [0.1, 0.15) is 0 Å². The van der Waals surface area contributed by atoms with Crippen molar-refractivity contribution in [2.45, 2.75) is 26.2 Å². The first-order valence-corrected chi connectivity index (χ1v) is 7.69. The van der Waals surface area contributed by atoms with Gasteiger partial charge in [-0.2, -0.15) is 0 Å². The number of amides is 1. The van der Waals surface area contributed by atoms with Gasteiger partial charge >= 0.3 is 5.97 Å². The molecule has 0 aliphatic rings. The Labute approximate surface area is 136 Å². The zero-order valence-electron chi connectivity index (χ0n) is 13.2. The molecule has 4 heteroatoms. The molecule has 0 atom stereocenters. The molecule has 0 fully saturated rings. The minimum absolute atomic E-state index is 0.0147. The molecule has 0 aliphatic heterocycles. The Hall–Kier alpha value is -2.62. The van der Waals surface area contributed by atoms with E-state index in [9.17, 15) is 9.59 Å². The zero-order chi connectivity index (χ0) is 16.7. The van der Waals surface area contributed by atoms with Gasteiger partial charge in [0.2, 0.25) is 5.91 Å². The van der Waals surface area contributed by atoms with Gasteiger partial charge in [-0.25, -0.2) is 4.79 Å². The summed E-state index contributed by atoms with van der Waals surface area (Å²) in [5.74, 6) is -0.921. The predicted molar refractivity (Wildman–Crippen MR) is 89.6 cm³/mol. The Morgan fingerprint density at radius 1 is 1.00 bits per heavy atom. The van der Waals surface area contributed by atoms with Crippen LogP contribution in [0.5, 0.6) is 0 Å². The van der Waals surface area contributed by atoms with Crippen LogP contribution in [0, 0.1) is 6.92 Å². The van der Waals surface area contributed by atoms with Crippen molar-refractivity contribution in [3.05, 3.63) is 70.8 Å². The number of carbonyl (C=O) groups excluding carboxylic acids is 1. The van der Waals surface area contributed by atoms with Crippen molar-refractivity contribution in [1.29, 1.82) is 0 Å². The molecule has 2 rings (SSSR count). The summed E-state index contributed by atoms with van der Waals surface area (Å²) < 4.78 is 0. The molecule has 2 aromatic rings. The molecule has 4 nitrogen and oxygen atoms in total. The van der Waals surface area contributed by atoms with Gasteiger partial charge < -0.3 is 10.4 Å². The summed E-state index contributed by atoms with van der Waals surface area (Å²) in [6.07, 6.45) is 1.80. The lowest BCUT2D eigenvalue weighted by Gasteiger charge is -2.07. The largest absolute Gasteiger partial charge is 0.478 e. The fourth-order valence-corrected chi connectivity index (χ4v) is 2.42. The highest BCUT2D eigenvalue weighted by atomic mass is 16.4. The Bertz CT molecular complexity index is 695. The average Bonchev–Trinajstić information content (AvgIpc) is 2.53. The lowest BCUT2D eigenvalue weighted by Crippen LogP contribution is -2.25. The van der Waals surface area contributed by atoms with E-state index in [0.29, 0.717) is 19.4 Å². The quantitative estimate of drug-likeness (QED) is 0.826. The Morgan fingerprint density at radius 2 is 1.70 bits per heavy atom.